The molecule has 4 aromatic heterocycles. The molecule has 1 radical (unpaired) electrons. The molecule has 0 aromatic carbocycles. The summed E-state index contributed by atoms with van der Waals surface area (Å²) in [6.07, 6.45) is 0. The lowest BCUT2D eigenvalue weighted by atomic mass is 9.64. The number of hydrogen-bond acceptors (Lipinski definition) is 4. The second-order valence-electron chi connectivity index (χ2n) is 5.63. The van der Waals surface area contributed by atoms with Crippen LogP contribution in [0, 0.1) is 0 Å². The van der Waals surface area contributed by atoms with Gasteiger partial charge in [-0.05, 0) is 56.9 Å². The van der Waals surface area contributed by atoms with E-state index in [0.717, 1.165) is 0 Å². The third-order valence-electron chi connectivity index (χ3n) is 4.19. The Bertz CT molecular complexity index is 945. The SMILES string of the molecule is [B]1C(c2cccs2)=C(c2cccs2)C(c2cccs2)=C1c1cccs1. The summed E-state index contributed by atoms with van der Waals surface area (Å²) in [5.74, 6) is 0. The first kappa shape index (κ1) is 15.6. The fourth-order valence-electron chi connectivity index (χ4n) is 3.16. The van der Waals surface area contributed by atoms with Gasteiger partial charge in [0.2, 0.25) is 0 Å². The first-order valence-corrected chi connectivity index (χ1v) is 11.4. The van der Waals surface area contributed by atoms with Gasteiger partial charge in [-0.3, -0.25) is 0 Å². The van der Waals surface area contributed by atoms with E-state index in [2.05, 4.69) is 77.3 Å². The van der Waals surface area contributed by atoms with E-state index in [1.807, 2.05) is 45.3 Å². The average Bonchev–Trinajstić information content (AvgIpc) is 3.48. The van der Waals surface area contributed by atoms with Gasteiger partial charge in [0.05, 0.1) is 0 Å². The van der Waals surface area contributed by atoms with E-state index in [-0.39, 0.29) is 0 Å². The van der Waals surface area contributed by atoms with Crippen LogP contribution in [0.25, 0.3) is 22.1 Å². The molecular weight excluding hydrogens is 379 g/mol. The molecule has 5 heteroatoms. The standard InChI is InChI=1S/C20H12BS4/c1-5-13(22-9-1)17-18(14-6-2-10-23-14)20(16-8-4-12-25-16)21-19(17)15-7-3-11-24-15/h1-12H. The minimum absolute atomic E-state index is 1.34. The Balaban J connectivity index is 1.80. The van der Waals surface area contributed by atoms with E-state index in [1.54, 1.807) is 0 Å². The molecule has 0 aliphatic carbocycles. The highest BCUT2D eigenvalue weighted by Gasteiger charge is 2.30. The van der Waals surface area contributed by atoms with Crippen molar-refractivity contribution in [2.75, 3.05) is 0 Å². The highest BCUT2D eigenvalue weighted by Crippen LogP contribution is 2.50. The molecule has 25 heavy (non-hydrogen) atoms. The van der Waals surface area contributed by atoms with Crippen molar-refractivity contribution in [3.05, 3.63) is 89.6 Å². The van der Waals surface area contributed by atoms with Crippen LogP contribution in [-0.4, -0.2) is 7.28 Å². The molecule has 0 amide bonds. The minimum atomic E-state index is 1.34. The molecule has 1 aliphatic heterocycles. The maximum Gasteiger partial charge on any atom is 0.197 e. The third-order valence-corrected chi connectivity index (χ3v) is 7.77. The minimum Gasteiger partial charge on any atom is -0.145 e. The molecular formula is C20H12BS4. The molecule has 5 heterocycles. The summed E-state index contributed by atoms with van der Waals surface area (Å²) in [5.41, 5.74) is 5.46. The second kappa shape index (κ2) is 6.58. The Morgan fingerprint density at radius 1 is 0.480 bits per heavy atom. The average molecular weight is 391 g/mol. The summed E-state index contributed by atoms with van der Waals surface area (Å²) in [6.45, 7) is 0. The van der Waals surface area contributed by atoms with Crippen LogP contribution >= 0.6 is 45.3 Å². The molecule has 0 saturated carbocycles. The lowest BCUT2D eigenvalue weighted by molar-refractivity contribution is 1.82. The number of thiophene rings is 4. The largest absolute Gasteiger partial charge is 0.197 e. The highest BCUT2D eigenvalue weighted by atomic mass is 32.1. The second-order valence-corrected chi connectivity index (χ2v) is 9.42. The van der Waals surface area contributed by atoms with Crippen LogP contribution in [0.15, 0.2) is 70.1 Å². The van der Waals surface area contributed by atoms with E-state index >= 15 is 0 Å². The molecule has 119 valence electrons. The molecule has 0 saturated heterocycles. The first-order chi connectivity index (χ1) is 12.4. The summed E-state index contributed by atoms with van der Waals surface area (Å²) < 4.78 is 0. The van der Waals surface area contributed by atoms with Crippen LogP contribution < -0.4 is 0 Å². The van der Waals surface area contributed by atoms with E-state index in [1.165, 1.54) is 41.6 Å². The van der Waals surface area contributed by atoms with Gasteiger partial charge in [-0.1, -0.05) is 35.2 Å². The third kappa shape index (κ3) is 2.72. The van der Waals surface area contributed by atoms with E-state index in [9.17, 15) is 0 Å². The predicted molar refractivity (Wildman–Crippen MR) is 117 cm³/mol. The molecule has 0 bridgehead atoms. The maximum atomic E-state index is 2.39. The van der Waals surface area contributed by atoms with Gasteiger partial charge >= 0.3 is 0 Å². The van der Waals surface area contributed by atoms with Crippen molar-refractivity contribution < 1.29 is 0 Å². The lowest BCUT2D eigenvalue weighted by Gasteiger charge is -2.10. The summed E-state index contributed by atoms with van der Waals surface area (Å²) in [5, 5.41) is 8.67. The van der Waals surface area contributed by atoms with Crippen LogP contribution in [0.1, 0.15) is 19.5 Å². The molecule has 0 atom stereocenters. The van der Waals surface area contributed by atoms with Crippen LogP contribution in [-0.2, 0) is 0 Å². The molecule has 5 rings (SSSR count). The van der Waals surface area contributed by atoms with Gasteiger partial charge in [-0.25, -0.2) is 0 Å². The molecule has 0 spiro atoms. The van der Waals surface area contributed by atoms with Gasteiger partial charge in [0.1, 0.15) is 0 Å². The fraction of sp³-hybridized carbons (Fsp3) is 0. The van der Waals surface area contributed by atoms with Gasteiger partial charge in [0.15, 0.2) is 7.28 Å². The molecule has 0 nitrogen and oxygen atoms in total. The number of rotatable bonds is 4. The van der Waals surface area contributed by atoms with Crippen molar-refractivity contribution in [3.63, 3.8) is 0 Å². The summed E-state index contributed by atoms with van der Waals surface area (Å²) >= 11 is 7.28. The van der Waals surface area contributed by atoms with Gasteiger partial charge in [0.25, 0.3) is 0 Å². The first-order valence-electron chi connectivity index (χ1n) is 7.91. The Labute approximate surface area is 163 Å². The zero-order chi connectivity index (χ0) is 16.6. The number of hydrogen-bond donors (Lipinski definition) is 0. The number of allylic oxidation sites excluding steroid dienone is 2. The van der Waals surface area contributed by atoms with Crippen molar-refractivity contribution in [1.29, 1.82) is 0 Å². The normalized spacial score (nSPS) is 14.4. The highest BCUT2D eigenvalue weighted by molar-refractivity contribution is 7.17. The Morgan fingerprint density at radius 2 is 0.840 bits per heavy atom. The maximum absolute atomic E-state index is 2.39. The fourth-order valence-corrected chi connectivity index (χ4v) is 6.24. The van der Waals surface area contributed by atoms with Gasteiger partial charge in [0, 0.05) is 19.5 Å². The monoisotopic (exact) mass is 391 g/mol. The molecule has 1 aliphatic rings. The smallest absolute Gasteiger partial charge is 0.145 e. The Hall–Kier alpha value is -1.66. The van der Waals surface area contributed by atoms with Crippen LogP contribution in [0.4, 0.5) is 0 Å². The molecule has 0 N–H and O–H groups in total. The Kier molecular flexibility index (Phi) is 4.10. The van der Waals surface area contributed by atoms with Crippen molar-refractivity contribution >= 4 is 74.7 Å². The lowest BCUT2D eigenvalue weighted by Crippen LogP contribution is -1.93. The van der Waals surface area contributed by atoms with Crippen LogP contribution in [0.2, 0.25) is 0 Å². The Morgan fingerprint density at radius 3 is 1.16 bits per heavy atom. The summed E-state index contributed by atoms with van der Waals surface area (Å²) in [6, 6.07) is 17.5. The zero-order valence-corrected chi connectivity index (χ0v) is 16.4. The van der Waals surface area contributed by atoms with Gasteiger partial charge < -0.3 is 0 Å². The van der Waals surface area contributed by atoms with Gasteiger partial charge in [-0.2, -0.15) is 0 Å². The van der Waals surface area contributed by atoms with Crippen LogP contribution in [0.5, 0.6) is 0 Å². The summed E-state index contributed by atoms with van der Waals surface area (Å²) in [4.78, 5) is 5.36. The van der Waals surface area contributed by atoms with Crippen molar-refractivity contribution in [2.24, 2.45) is 0 Å². The van der Waals surface area contributed by atoms with E-state index < -0.39 is 0 Å². The zero-order valence-electron chi connectivity index (χ0n) is 13.1. The molecule has 0 unspecified atom stereocenters. The van der Waals surface area contributed by atoms with E-state index in [0.29, 0.717) is 0 Å². The topological polar surface area (TPSA) is 0 Å². The summed E-state index contributed by atoms with van der Waals surface area (Å²) in [7, 11) is 2.39. The van der Waals surface area contributed by atoms with Gasteiger partial charge in [-0.15, -0.1) is 45.3 Å². The van der Waals surface area contributed by atoms with Crippen molar-refractivity contribution in [2.45, 2.75) is 0 Å². The molecule has 0 fully saturated rings. The quantitative estimate of drug-likeness (QED) is 0.326. The van der Waals surface area contributed by atoms with Crippen molar-refractivity contribution in [1.82, 2.24) is 0 Å². The molecule has 4 aromatic rings. The predicted octanol–water partition coefficient (Wildman–Crippen LogP) is 7.09. The van der Waals surface area contributed by atoms with Crippen LogP contribution in [0.3, 0.4) is 0 Å². The van der Waals surface area contributed by atoms with E-state index in [4.69, 9.17) is 0 Å². The van der Waals surface area contributed by atoms with Crippen molar-refractivity contribution in [3.8, 4) is 0 Å².